The van der Waals surface area contributed by atoms with Crippen molar-refractivity contribution in [2.75, 3.05) is 0 Å². The Morgan fingerprint density at radius 2 is 2.00 bits per heavy atom. The van der Waals surface area contributed by atoms with Crippen LogP contribution in [0.1, 0.15) is 11.4 Å². The number of benzene rings is 1. The molecule has 0 unspecified atom stereocenters. The van der Waals surface area contributed by atoms with Gasteiger partial charge in [-0.1, -0.05) is 41.9 Å². The van der Waals surface area contributed by atoms with E-state index >= 15 is 0 Å². The molecule has 0 fully saturated rings. The number of hydrogen-bond donors (Lipinski definition) is 1. The Kier molecular flexibility index (Phi) is 2.53. The van der Waals surface area contributed by atoms with Crippen LogP contribution in [0, 0.1) is 0 Å². The van der Waals surface area contributed by atoms with E-state index in [4.69, 9.17) is 11.6 Å². The lowest BCUT2D eigenvalue weighted by Gasteiger charge is -1.96. The van der Waals surface area contributed by atoms with Crippen LogP contribution in [0.15, 0.2) is 42.6 Å². The first-order chi connectivity index (χ1) is 8.31. The summed E-state index contributed by atoms with van der Waals surface area (Å²) in [5, 5.41) is 0.468. The molecule has 3 rings (SSSR count). The van der Waals surface area contributed by atoms with Crippen molar-refractivity contribution in [1.82, 2.24) is 15.0 Å². The summed E-state index contributed by atoms with van der Waals surface area (Å²) in [6.45, 7) is 0. The smallest absolute Gasteiger partial charge is 0.131 e. The molecule has 0 bridgehead atoms. The summed E-state index contributed by atoms with van der Waals surface area (Å²) in [7, 11) is 0. The summed E-state index contributed by atoms with van der Waals surface area (Å²) < 4.78 is 0. The number of aromatic amines is 1. The lowest BCUT2D eigenvalue weighted by atomic mass is 10.1. The first kappa shape index (κ1) is 10.3. The molecule has 0 radical (unpaired) electrons. The Morgan fingerprint density at radius 1 is 1.18 bits per heavy atom. The first-order valence-electron chi connectivity index (χ1n) is 5.35. The Morgan fingerprint density at radius 3 is 2.82 bits per heavy atom. The Hall–Kier alpha value is -1.87. The average Bonchev–Trinajstić information content (AvgIpc) is 2.71. The zero-order valence-corrected chi connectivity index (χ0v) is 9.78. The molecular formula is C13H10ClN3. The predicted octanol–water partition coefficient (Wildman–Crippen LogP) is 3.20. The minimum absolute atomic E-state index is 0.468. The number of imidazole rings is 1. The maximum Gasteiger partial charge on any atom is 0.131 e. The topological polar surface area (TPSA) is 41.6 Å². The molecular weight excluding hydrogens is 234 g/mol. The highest BCUT2D eigenvalue weighted by atomic mass is 35.5. The lowest BCUT2D eigenvalue weighted by molar-refractivity contribution is 1.04. The molecule has 0 aliphatic heterocycles. The Balaban J connectivity index is 1.96. The summed E-state index contributed by atoms with van der Waals surface area (Å²) >= 11 is 5.82. The fraction of sp³-hybridized carbons (Fsp3) is 0.0769. The van der Waals surface area contributed by atoms with Crippen LogP contribution in [0.4, 0.5) is 0 Å². The van der Waals surface area contributed by atoms with Crippen molar-refractivity contribution < 1.29 is 0 Å². The third-order valence-electron chi connectivity index (χ3n) is 2.60. The second kappa shape index (κ2) is 4.18. The second-order valence-corrected chi connectivity index (χ2v) is 4.26. The molecule has 2 aromatic heterocycles. The van der Waals surface area contributed by atoms with E-state index in [1.807, 2.05) is 18.2 Å². The Labute approximate surface area is 103 Å². The van der Waals surface area contributed by atoms with Gasteiger partial charge in [0.2, 0.25) is 0 Å². The van der Waals surface area contributed by atoms with Gasteiger partial charge in [0.1, 0.15) is 11.0 Å². The molecule has 4 heteroatoms. The first-order valence-corrected chi connectivity index (χ1v) is 5.73. The van der Waals surface area contributed by atoms with E-state index < -0.39 is 0 Å². The molecule has 1 aromatic carbocycles. The molecule has 3 aromatic rings. The fourth-order valence-corrected chi connectivity index (χ4v) is 1.96. The number of nitrogens with one attached hydrogen (secondary N) is 1. The third kappa shape index (κ3) is 2.15. The minimum atomic E-state index is 0.468. The maximum atomic E-state index is 5.82. The number of nitrogens with zero attached hydrogens (tertiary/aromatic N) is 2. The van der Waals surface area contributed by atoms with Crippen LogP contribution >= 0.6 is 11.6 Å². The summed E-state index contributed by atoms with van der Waals surface area (Å²) in [5.74, 6) is 0.926. The number of H-pyrrole nitrogens is 1. The van der Waals surface area contributed by atoms with Crippen molar-refractivity contribution in [2.24, 2.45) is 0 Å². The van der Waals surface area contributed by atoms with E-state index in [1.54, 1.807) is 12.3 Å². The molecule has 3 nitrogen and oxygen atoms in total. The van der Waals surface area contributed by atoms with E-state index in [9.17, 15) is 0 Å². The van der Waals surface area contributed by atoms with Gasteiger partial charge >= 0.3 is 0 Å². The molecule has 0 amide bonds. The van der Waals surface area contributed by atoms with Crippen molar-refractivity contribution >= 4 is 22.6 Å². The normalized spacial score (nSPS) is 10.9. The number of rotatable bonds is 2. The largest absolute Gasteiger partial charge is 0.340 e. The van der Waals surface area contributed by atoms with Crippen molar-refractivity contribution in [1.29, 1.82) is 0 Å². The van der Waals surface area contributed by atoms with Gasteiger partial charge in [-0.25, -0.2) is 9.97 Å². The average molecular weight is 244 g/mol. The van der Waals surface area contributed by atoms with Gasteiger partial charge in [-0.15, -0.1) is 0 Å². The zero-order chi connectivity index (χ0) is 11.7. The zero-order valence-electron chi connectivity index (χ0n) is 9.02. The summed E-state index contributed by atoms with van der Waals surface area (Å²) in [6.07, 6.45) is 2.49. The van der Waals surface area contributed by atoms with E-state index in [0.29, 0.717) is 5.15 Å². The standard InChI is InChI=1S/C13H10ClN3/c14-12-7-10-11(8-15-12)17-13(16-10)6-9-4-2-1-3-5-9/h1-5,7-8H,6H2,(H,16,17). The van der Waals surface area contributed by atoms with E-state index in [0.717, 1.165) is 23.3 Å². The van der Waals surface area contributed by atoms with Crippen molar-refractivity contribution in [3.8, 4) is 0 Å². The van der Waals surface area contributed by atoms with Gasteiger partial charge in [0.05, 0.1) is 17.2 Å². The molecule has 0 aliphatic carbocycles. The van der Waals surface area contributed by atoms with Crippen LogP contribution in [-0.2, 0) is 6.42 Å². The van der Waals surface area contributed by atoms with Crippen LogP contribution in [0.2, 0.25) is 5.15 Å². The molecule has 0 spiro atoms. The quantitative estimate of drug-likeness (QED) is 0.703. The minimum Gasteiger partial charge on any atom is -0.340 e. The number of pyridine rings is 1. The van der Waals surface area contributed by atoms with Crippen molar-refractivity contribution in [2.45, 2.75) is 6.42 Å². The van der Waals surface area contributed by atoms with Crippen LogP contribution < -0.4 is 0 Å². The van der Waals surface area contributed by atoms with Gasteiger partial charge in [0, 0.05) is 12.5 Å². The van der Waals surface area contributed by atoms with Crippen LogP contribution in [0.25, 0.3) is 11.0 Å². The lowest BCUT2D eigenvalue weighted by Crippen LogP contribution is -1.89. The third-order valence-corrected chi connectivity index (χ3v) is 2.80. The van der Waals surface area contributed by atoms with E-state index in [-0.39, 0.29) is 0 Å². The molecule has 2 heterocycles. The molecule has 0 aliphatic rings. The van der Waals surface area contributed by atoms with Crippen molar-refractivity contribution in [3.05, 3.63) is 59.1 Å². The molecule has 84 valence electrons. The van der Waals surface area contributed by atoms with E-state index in [2.05, 4.69) is 27.1 Å². The van der Waals surface area contributed by atoms with Gasteiger partial charge in [0.25, 0.3) is 0 Å². The fourth-order valence-electron chi connectivity index (χ4n) is 1.81. The van der Waals surface area contributed by atoms with Gasteiger partial charge in [-0.05, 0) is 5.56 Å². The number of aromatic nitrogens is 3. The van der Waals surface area contributed by atoms with Crippen molar-refractivity contribution in [3.63, 3.8) is 0 Å². The Bertz CT molecular complexity index is 646. The highest BCUT2D eigenvalue weighted by molar-refractivity contribution is 6.29. The molecule has 1 N–H and O–H groups in total. The monoisotopic (exact) mass is 243 g/mol. The summed E-state index contributed by atoms with van der Waals surface area (Å²) in [4.78, 5) is 11.7. The van der Waals surface area contributed by atoms with Gasteiger partial charge in [-0.2, -0.15) is 0 Å². The van der Waals surface area contributed by atoms with Crippen LogP contribution in [0.3, 0.4) is 0 Å². The highest BCUT2D eigenvalue weighted by Gasteiger charge is 2.04. The molecule has 0 saturated carbocycles. The maximum absolute atomic E-state index is 5.82. The summed E-state index contributed by atoms with van der Waals surface area (Å²) in [6, 6.07) is 12.0. The number of fused-ring (bicyclic) bond motifs is 1. The summed E-state index contributed by atoms with van der Waals surface area (Å²) in [5.41, 5.74) is 3.00. The van der Waals surface area contributed by atoms with Crippen LogP contribution in [0.5, 0.6) is 0 Å². The molecule has 17 heavy (non-hydrogen) atoms. The van der Waals surface area contributed by atoms with Crippen LogP contribution in [-0.4, -0.2) is 15.0 Å². The predicted molar refractivity (Wildman–Crippen MR) is 68.1 cm³/mol. The van der Waals surface area contributed by atoms with E-state index in [1.165, 1.54) is 5.56 Å². The highest BCUT2D eigenvalue weighted by Crippen LogP contribution is 2.16. The van der Waals surface area contributed by atoms with Gasteiger partial charge < -0.3 is 4.98 Å². The molecule has 0 saturated heterocycles. The van der Waals surface area contributed by atoms with Gasteiger partial charge in [0.15, 0.2) is 0 Å². The number of halogens is 1. The van der Waals surface area contributed by atoms with Gasteiger partial charge in [-0.3, -0.25) is 0 Å². The second-order valence-electron chi connectivity index (χ2n) is 3.87. The SMILES string of the molecule is Clc1cc2nc(Cc3ccccc3)[nH]c2cn1. The number of hydrogen-bond acceptors (Lipinski definition) is 2. The molecule has 0 atom stereocenters.